The van der Waals surface area contributed by atoms with Crippen molar-refractivity contribution in [1.29, 1.82) is 0 Å². The summed E-state index contributed by atoms with van der Waals surface area (Å²) < 4.78 is 7.93. The monoisotopic (exact) mass is 159 g/mol. The number of hydrogen-bond acceptors (Lipinski definition) is 1. The molecule has 0 atom stereocenters. The minimum absolute atomic E-state index is 0.0208. The molecule has 0 aromatic heterocycles. The Labute approximate surface area is 72.2 Å². The van der Waals surface area contributed by atoms with Gasteiger partial charge < -0.3 is 5.11 Å². The summed E-state index contributed by atoms with van der Waals surface area (Å²) in [6.07, 6.45) is 6.06. The van der Waals surface area contributed by atoms with Gasteiger partial charge in [0.2, 0.25) is 0 Å². The summed E-state index contributed by atoms with van der Waals surface area (Å²) >= 11 is 0. The first kappa shape index (κ1) is 9.05. The molecule has 0 saturated carbocycles. The standard InChI is InChI=1S/C10H22O/c1-3-5-7-10(9-11)8-6-4-2/h10-11H,3-9H2,1-2H3/i10D. The second kappa shape index (κ2) is 8.06. The highest BCUT2D eigenvalue weighted by atomic mass is 16.3. The van der Waals surface area contributed by atoms with Gasteiger partial charge in [-0.1, -0.05) is 39.5 Å². The maximum absolute atomic E-state index is 9.05. The lowest BCUT2D eigenvalue weighted by molar-refractivity contribution is 0.206. The van der Waals surface area contributed by atoms with E-state index in [1.54, 1.807) is 0 Å². The molecule has 0 fully saturated rings. The molecule has 1 N–H and O–H groups in total. The predicted molar refractivity (Wildman–Crippen MR) is 49.6 cm³/mol. The summed E-state index contributed by atoms with van der Waals surface area (Å²) in [6, 6.07) is 0. The minimum atomic E-state index is -0.550. The molecule has 0 rings (SSSR count). The molecule has 0 heterocycles. The molecule has 1 nitrogen and oxygen atoms in total. The lowest BCUT2D eigenvalue weighted by Gasteiger charge is -2.11. The Hall–Kier alpha value is -0.0400. The summed E-state index contributed by atoms with van der Waals surface area (Å²) in [6.45, 7) is 4.27. The second-order valence-corrected chi connectivity index (χ2v) is 3.12. The Morgan fingerprint density at radius 1 is 1.18 bits per heavy atom. The molecule has 68 valence electrons. The molecule has 0 amide bonds. The van der Waals surface area contributed by atoms with Crippen molar-refractivity contribution in [3.05, 3.63) is 0 Å². The van der Waals surface area contributed by atoms with Crippen molar-refractivity contribution in [3.8, 4) is 0 Å². The highest BCUT2D eigenvalue weighted by Crippen LogP contribution is 2.14. The van der Waals surface area contributed by atoms with E-state index in [1.807, 2.05) is 0 Å². The van der Waals surface area contributed by atoms with E-state index in [-0.39, 0.29) is 6.61 Å². The first-order chi connectivity index (χ1) is 5.68. The summed E-state index contributed by atoms with van der Waals surface area (Å²) in [4.78, 5) is 0. The van der Waals surface area contributed by atoms with E-state index in [4.69, 9.17) is 6.48 Å². The van der Waals surface area contributed by atoms with Crippen molar-refractivity contribution < 1.29 is 6.48 Å². The van der Waals surface area contributed by atoms with E-state index >= 15 is 0 Å². The highest BCUT2D eigenvalue weighted by Gasteiger charge is 2.04. The number of aliphatic hydroxyl groups is 1. The Bertz CT molecular complexity index is 96.0. The fraction of sp³-hybridized carbons (Fsp3) is 1.00. The van der Waals surface area contributed by atoms with Gasteiger partial charge in [-0.05, 0) is 18.7 Å². The molecule has 0 aliphatic carbocycles. The predicted octanol–water partition coefficient (Wildman–Crippen LogP) is 2.98. The van der Waals surface area contributed by atoms with E-state index in [0.717, 1.165) is 38.5 Å². The molecule has 11 heavy (non-hydrogen) atoms. The Kier molecular flexibility index (Phi) is 6.63. The van der Waals surface area contributed by atoms with Gasteiger partial charge in [0.05, 0.1) is 0 Å². The molecule has 0 aliphatic rings. The van der Waals surface area contributed by atoms with E-state index < -0.39 is 5.89 Å². The fourth-order valence-corrected chi connectivity index (χ4v) is 1.14. The van der Waals surface area contributed by atoms with Gasteiger partial charge in [-0.15, -0.1) is 0 Å². The maximum Gasteiger partial charge on any atom is 0.0459 e. The first-order valence-electron chi connectivity index (χ1n) is 5.29. The molecule has 0 aromatic rings. The van der Waals surface area contributed by atoms with Gasteiger partial charge in [0.25, 0.3) is 0 Å². The Morgan fingerprint density at radius 2 is 1.64 bits per heavy atom. The average molecular weight is 159 g/mol. The lowest BCUT2D eigenvalue weighted by atomic mass is 9.97. The van der Waals surface area contributed by atoms with Crippen molar-refractivity contribution in [2.45, 2.75) is 52.4 Å². The summed E-state index contributed by atoms with van der Waals surface area (Å²) in [5.74, 6) is -0.550. The van der Waals surface area contributed by atoms with Crippen molar-refractivity contribution in [2.75, 3.05) is 6.61 Å². The summed E-state index contributed by atoms with van der Waals surface area (Å²) in [7, 11) is 0. The van der Waals surface area contributed by atoms with Crippen LogP contribution in [-0.4, -0.2) is 11.7 Å². The highest BCUT2D eigenvalue weighted by molar-refractivity contribution is 4.57. The van der Waals surface area contributed by atoms with Crippen molar-refractivity contribution in [3.63, 3.8) is 0 Å². The third-order valence-electron chi connectivity index (χ3n) is 1.99. The van der Waals surface area contributed by atoms with Gasteiger partial charge in [-0.25, -0.2) is 0 Å². The van der Waals surface area contributed by atoms with Gasteiger partial charge in [-0.3, -0.25) is 0 Å². The Balaban J connectivity index is 3.70. The maximum atomic E-state index is 9.05. The normalized spacial score (nSPS) is 13.2. The van der Waals surface area contributed by atoms with Crippen LogP contribution in [0.25, 0.3) is 0 Å². The zero-order valence-corrected chi connectivity index (χ0v) is 7.90. The molecular formula is C10H22O. The van der Waals surface area contributed by atoms with Gasteiger partial charge in [-0.2, -0.15) is 0 Å². The minimum Gasteiger partial charge on any atom is -0.396 e. The van der Waals surface area contributed by atoms with E-state index in [2.05, 4.69) is 13.8 Å². The molecule has 0 aliphatic heterocycles. The fourth-order valence-electron chi connectivity index (χ4n) is 1.14. The van der Waals surface area contributed by atoms with Gasteiger partial charge in [0.1, 0.15) is 0 Å². The van der Waals surface area contributed by atoms with Crippen LogP contribution >= 0.6 is 0 Å². The van der Waals surface area contributed by atoms with E-state index in [0.29, 0.717) is 0 Å². The SMILES string of the molecule is [2H]C(CO)(CCCC)CCCC. The third-order valence-corrected chi connectivity index (χ3v) is 1.99. The molecule has 0 spiro atoms. The van der Waals surface area contributed by atoms with E-state index in [9.17, 15) is 0 Å². The molecule has 0 bridgehead atoms. The van der Waals surface area contributed by atoms with Crippen molar-refractivity contribution in [1.82, 2.24) is 0 Å². The van der Waals surface area contributed by atoms with Crippen LogP contribution in [-0.2, 0) is 0 Å². The van der Waals surface area contributed by atoms with Crippen LogP contribution in [0.15, 0.2) is 0 Å². The zero-order chi connectivity index (χ0) is 9.45. The number of hydrogen-bond donors (Lipinski definition) is 1. The smallest absolute Gasteiger partial charge is 0.0459 e. The van der Waals surface area contributed by atoms with Crippen molar-refractivity contribution in [2.24, 2.45) is 5.89 Å². The van der Waals surface area contributed by atoms with Crippen LogP contribution in [0, 0.1) is 5.89 Å². The van der Waals surface area contributed by atoms with Crippen molar-refractivity contribution >= 4 is 0 Å². The van der Waals surface area contributed by atoms with Crippen LogP contribution in [0.3, 0.4) is 0 Å². The van der Waals surface area contributed by atoms with Crippen LogP contribution in [0.5, 0.6) is 0 Å². The molecule has 0 radical (unpaired) electrons. The molecular weight excluding hydrogens is 136 g/mol. The van der Waals surface area contributed by atoms with Gasteiger partial charge in [0.15, 0.2) is 0 Å². The summed E-state index contributed by atoms with van der Waals surface area (Å²) in [5.41, 5.74) is 0. The van der Waals surface area contributed by atoms with Crippen LogP contribution in [0.1, 0.15) is 53.7 Å². The second-order valence-electron chi connectivity index (χ2n) is 3.12. The zero-order valence-electron chi connectivity index (χ0n) is 8.90. The quantitative estimate of drug-likeness (QED) is 0.605. The van der Waals surface area contributed by atoms with E-state index in [1.165, 1.54) is 0 Å². The molecule has 0 aromatic carbocycles. The van der Waals surface area contributed by atoms with Crippen LogP contribution in [0.4, 0.5) is 0 Å². The third kappa shape index (κ3) is 6.36. The first-order valence-corrected chi connectivity index (χ1v) is 4.79. The lowest BCUT2D eigenvalue weighted by Crippen LogP contribution is -2.05. The van der Waals surface area contributed by atoms with Crippen LogP contribution in [0.2, 0.25) is 0 Å². The number of unbranched alkanes of at least 4 members (excludes halogenated alkanes) is 2. The number of rotatable bonds is 7. The largest absolute Gasteiger partial charge is 0.396 e. The molecule has 0 saturated heterocycles. The molecule has 1 heteroatoms. The van der Waals surface area contributed by atoms with Gasteiger partial charge in [0, 0.05) is 7.98 Å². The van der Waals surface area contributed by atoms with Gasteiger partial charge >= 0.3 is 0 Å². The number of aliphatic hydroxyl groups excluding tert-OH is 1. The molecule has 0 unspecified atom stereocenters. The summed E-state index contributed by atoms with van der Waals surface area (Å²) in [5, 5.41) is 9.05. The topological polar surface area (TPSA) is 20.2 Å². The Morgan fingerprint density at radius 3 is 1.91 bits per heavy atom. The van der Waals surface area contributed by atoms with Crippen LogP contribution < -0.4 is 0 Å². The average Bonchev–Trinajstić information content (AvgIpc) is 2.11.